The Morgan fingerprint density at radius 3 is 2.58 bits per heavy atom. The molecule has 7 heteroatoms. The van der Waals surface area contributed by atoms with Gasteiger partial charge in [0.2, 0.25) is 0 Å². The molecular formula is C19H14FN5O. The van der Waals surface area contributed by atoms with Crippen LogP contribution in [0.15, 0.2) is 59.4 Å². The van der Waals surface area contributed by atoms with Crippen LogP contribution in [0.3, 0.4) is 0 Å². The molecule has 3 heterocycles. The number of aromatic amines is 1. The molecule has 5 rings (SSSR count). The van der Waals surface area contributed by atoms with E-state index in [-0.39, 0.29) is 17.1 Å². The number of hydrogen-bond donors (Lipinski definition) is 1. The quantitative estimate of drug-likeness (QED) is 0.605. The monoisotopic (exact) mass is 347 g/mol. The fourth-order valence-electron chi connectivity index (χ4n) is 3.36. The van der Waals surface area contributed by atoms with Gasteiger partial charge in [0.1, 0.15) is 5.82 Å². The molecule has 4 aromatic rings. The zero-order valence-electron chi connectivity index (χ0n) is 13.7. The lowest BCUT2D eigenvalue weighted by molar-refractivity contribution is 0.630. The molecule has 0 atom stereocenters. The first-order chi connectivity index (χ1) is 12.7. The third-order valence-electron chi connectivity index (χ3n) is 4.63. The second kappa shape index (κ2) is 5.52. The SMILES string of the molecule is O=c1[nH]c2c(c3nc(-c4ccccc4F)nn13)CN(c1ccccc1)C2. The zero-order valence-corrected chi connectivity index (χ0v) is 13.7. The lowest BCUT2D eigenvalue weighted by Crippen LogP contribution is -2.20. The van der Waals surface area contributed by atoms with Crippen LogP contribution in [0, 0.1) is 5.82 Å². The molecule has 0 amide bonds. The summed E-state index contributed by atoms with van der Waals surface area (Å²) < 4.78 is 15.3. The van der Waals surface area contributed by atoms with Gasteiger partial charge in [-0.25, -0.2) is 14.2 Å². The van der Waals surface area contributed by atoms with Crippen LogP contribution in [0.5, 0.6) is 0 Å². The van der Waals surface area contributed by atoms with E-state index in [0.717, 1.165) is 16.9 Å². The Hall–Kier alpha value is -3.48. The highest BCUT2D eigenvalue weighted by molar-refractivity contribution is 5.63. The Labute approximate surface area is 147 Å². The molecule has 1 aliphatic rings. The first kappa shape index (κ1) is 14.8. The van der Waals surface area contributed by atoms with Crippen LogP contribution < -0.4 is 10.6 Å². The average molecular weight is 347 g/mol. The van der Waals surface area contributed by atoms with Gasteiger partial charge in [-0.1, -0.05) is 30.3 Å². The Morgan fingerprint density at radius 1 is 1.00 bits per heavy atom. The van der Waals surface area contributed by atoms with E-state index in [1.807, 2.05) is 30.3 Å². The molecule has 2 aromatic heterocycles. The second-order valence-electron chi connectivity index (χ2n) is 6.23. The third-order valence-corrected chi connectivity index (χ3v) is 4.63. The van der Waals surface area contributed by atoms with Gasteiger partial charge in [0.25, 0.3) is 0 Å². The van der Waals surface area contributed by atoms with E-state index in [2.05, 4.69) is 20.0 Å². The van der Waals surface area contributed by atoms with E-state index in [9.17, 15) is 9.18 Å². The van der Waals surface area contributed by atoms with Crippen molar-refractivity contribution in [2.45, 2.75) is 13.1 Å². The molecule has 26 heavy (non-hydrogen) atoms. The van der Waals surface area contributed by atoms with E-state index in [0.29, 0.717) is 18.7 Å². The maximum atomic E-state index is 14.1. The number of H-pyrrole nitrogens is 1. The normalized spacial score (nSPS) is 13.3. The van der Waals surface area contributed by atoms with Crippen LogP contribution >= 0.6 is 0 Å². The molecule has 6 nitrogen and oxygen atoms in total. The minimum absolute atomic E-state index is 0.208. The number of nitrogens with one attached hydrogen (secondary N) is 1. The number of anilines is 1. The molecule has 0 spiro atoms. The summed E-state index contributed by atoms with van der Waals surface area (Å²) in [6, 6.07) is 16.2. The summed E-state index contributed by atoms with van der Waals surface area (Å²) in [7, 11) is 0. The van der Waals surface area contributed by atoms with Crippen LogP contribution in [0.2, 0.25) is 0 Å². The number of aromatic nitrogens is 4. The highest BCUT2D eigenvalue weighted by Crippen LogP contribution is 2.29. The fraction of sp³-hybridized carbons (Fsp3) is 0.105. The van der Waals surface area contributed by atoms with E-state index in [1.54, 1.807) is 18.2 Å². The molecule has 0 aliphatic carbocycles. The maximum absolute atomic E-state index is 14.1. The van der Waals surface area contributed by atoms with Gasteiger partial charge in [-0.05, 0) is 24.3 Å². The van der Waals surface area contributed by atoms with Gasteiger partial charge >= 0.3 is 5.69 Å². The van der Waals surface area contributed by atoms with E-state index in [1.165, 1.54) is 10.6 Å². The Bertz CT molecular complexity index is 1180. The van der Waals surface area contributed by atoms with Crippen LogP contribution in [-0.4, -0.2) is 19.6 Å². The van der Waals surface area contributed by atoms with E-state index >= 15 is 0 Å². The van der Waals surface area contributed by atoms with Crippen molar-refractivity contribution in [1.82, 2.24) is 19.6 Å². The van der Waals surface area contributed by atoms with Gasteiger partial charge in [-0.15, -0.1) is 5.10 Å². The van der Waals surface area contributed by atoms with Crippen molar-refractivity contribution in [2.75, 3.05) is 4.90 Å². The first-order valence-corrected chi connectivity index (χ1v) is 8.26. The lowest BCUT2D eigenvalue weighted by atomic mass is 10.2. The summed E-state index contributed by atoms with van der Waals surface area (Å²) in [6.07, 6.45) is 0. The number of fused-ring (bicyclic) bond motifs is 3. The number of hydrogen-bond acceptors (Lipinski definition) is 4. The summed E-state index contributed by atoms with van der Waals surface area (Å²) in [5, 5.41) is 4.22. The minimum Gasteiger partial charge on any atom is -0.361 e. The molecule has 1 N–H and O–H groups in total. The fourth-order valence-corrected chi connectivity index (χ4v) is 3.36. The smallest absolute Gasteiger partial charge is 0.348 e. The molecule has 128 valence electrons. The molecule has 0 saturated carbocycles. The molecular weight excluding hydrogens is 333 g/mol. The van der Waals surface area contributed by atoms with Crippen molar-refractivity contribution in [3.8, 4) is 11.4 Å². The van der Waals surface area contributed by atoms with Crippen LogP contribution in [0.1, 0.15) is 11.3 Å². The van der Waals surface area contributed by atoms with Crippen LogP contribution in [0.4, 0.5) is 10.1 Å². The molecule has 0 saturated heterocycles. The maximum Gasteiger partial charge on any atom is 0.348 e. The van der Waals surface area contributed by atoms with Crippen molar-refractivity contribution >= 4 is 11.3 Å². The summed E-state index contributed by atoms with van der Waals surface area (Å²) in [5.41, 5.74) is 3.17. The van der Waals surface area contributed by atoms with Crippen molar-refractivity contribution in [1.29, 1.82) is 0 Å². The van der Waals surface area contributed by atoms with Crippen molar-refractivity contribution < 1.29 is 4.39 Å². The minimum atomic E-state index is -0.414. The Morgan fingerprint density at radius 2 is 1.77 bits per heavy atom. The summed E-state index contributed by atoms with van der Waals surface area (Å²) in [4.78, 5) is 21.9. The van der Waals surface area contributed by atoms with Gasteiger partial charge in [-0.3, -0.25) is 0 Å². The number of nitrogens with zero attached hydrogens (tertiary/aromatic N) is 4. The molecule has 2 aromatic carbocycles. The number of rotatable bonds is 2. The molecule has 1 aliphatic heterocycles. The van der Waals surface area contributed by atoms with Gasteiger partial charge in [0, 0.05) is 23.5 Å². The topological polar surface area (TPSA) is 66.3 Å². The highest BCUT2D eigenvalue weighted by atomic mass is 19.1. The Balaban J connectivity index is 1.65. The van der Waals surface area contributed by atoms with Gasteiger partial charge in [0.15, 0.2) is 11.5 Å². The summed E-state index contributed by atoms with van der Waals surface area (Å²) in [6.45, 7) is 1.20. The first-order valence-electron chi connectivity index (χ1n) is 8.26. The van der Waals surface area contributed by atoms with E-state index < -0.39 is 5.82 Å². The van der Waals surface area contributed by atoms with Crippen molar-refractivity contribution in [3.63, 3.8) is 0 Å². The van der Waals surface area contributed by atoms with Crippen LogP contribution in [-0.2, 0) is 13.1 Å². The van der Waals surface area contributed by atoms with Crippen molar-refractivity contribution in [3.05, 3.63) is 82.2 Å². The average Bonchev–Trinajstić information content (AvgIpc) is 3.27. The largest absolute Gasteiger partial charge is 0.361 e. The van der Waals surface area contributed by atoms with Crippen molar-refractivity contribution in [2.24, 2.45) is 0 Å². The zero-order chi connectivity index (χ0) is 17.7. The molecule has 0 fully saturated rings. The number of para-hydroxylation sites is 1. The van der Waals surface area contributed by atoms with E-state index in [4.69, 9.17) is 0 Å². The van der Waals surface area contributed by atoms with Gasteiger partial charge < -0.3 is 9.88 Å². The molecule has 0 unspecified atom stereocenters. The summed E-state index contributed by atoms with van der Waals surface area (Å²) >= 11 is 0. The van der Waals surface area contributed by atoms with Crippen LogP contribution in [0.25, 0.3) is 17.0 Å². The lowest BCUT2D eigenvalue weighted by Gasteiger charge is -2.16. The standard InChI is InChI=1S/C19H14FN5O/c20-15-9-5-4-8-13(15)17-22-18-14-10-24(12-6-2-1-3-7-12)11-16(14)21-19(26)25(18)23-17/h1-9H,10-11H2,(H,21,26). The molecule has 0 radical (unpaired) electrons. The van der Waals surface area contributed by atoms with Gasteiger partial charge in [0.05, 0.1) is 12.1 Å². The highest BCUT2D eigenvalue weighted by Gasteiger charge is 2.26. The summed E-state index contributed by atoms with van der Waals surface area (Å²) in [5.74, 6) is -0.206. The molecule has 0 bridgehead atoms. The number of halogens is 1. The predicted octanol–water partition coefficient (Wildman–Crippen LogP) is 2.74. The van der Waals surface area contributed by atoms with Gasteiger partial charge in [-0.2, -0.15) is 4.52 Å². The Kier molecular flexibility index (Phi) is 3.15. The number of benzene rings is 2. The third kappa shape index (κ3) is 2.21. The predicted molar refractivity (Wildman–Crippen MR) is 95.3 cm³/mol. The second-order valence-corrected chi connectivity index (χ2v) is 6.23.